The van der Waals surface area contributed by atoms with Gasteiger partial charge in [0.2, 0.25) is 0 Å². The van der Waals surface area contributed by atoms with Crippen molar-refractivity contribution in [2.24, 2.45) is 11.1 Å². The first-order chi connectivity index (χ1) is 6.06. The standard InChI is InChI=1S/C10H23N3/c1-10(8-11)4-5-13(9-10)7-6-12(2)3/h4-9,11H2,1-3H3. The SMILES string of the molecule is CN(C)CCN1CCC(C)(CN)C1. The highest BCUT2D eigenvalue weighted by molar-refractivity contribution is 4.86. The van der Waals surface area contributed by atoms with Crippen molar-refractivity contribution in [2.45, 2.75) is 13.3 Å². The third kappa shape index (κ3) is 3.25. The quantitative estimate of drug-likeness (QED) is 0.680. The summed E-state index contributed by atoms with van der Waals surface area (Å²) in [7, 11) is 4.25. The summed E-state index contributed by atoms with van der Waals surface area (Å²) in [6, 6.07) is 0. The number of hydrogen-bond acceptors (Lipinski definition) is 3. The first-order valence-corrected chi connectivity index (χ1v) is 5.13. The van der Waals surface area contributed by atoms with Crippen LogP contribution in [0.2, 0.25) is 0 Å². The second kappa shape index (κ2) is 4.40. The second-order valence-electron chi connectivity index (χ2n) is 4.84. The molecule has 0 aliphatic carbocycles. The van der Waals surface area contributed by atoms with Gasteiger partial charge in [0.05, 0.1) is 0 Å². The van der Waals surface area contributed by atoms with Crippen LogP contribution in [0.5, 0.6) is 0 Å². The van der Waals surface area contributed by atoms with E-state index in [1.165, 1.54) is 26.1 Å². The molecule has 1 aliphatic rings. The minimum Gasteiger partial charge on any atom is -0.330 e. The molecular formula is C10H23N3. The van der Waals surface area contributed by atoms with Crippen molar-refractivity contribution in [1.82, 2.24) is 9.80 Å². The Kier molecular flexibility index (Phi) is 3.71. The van der Waals surface area contributed by atoms with Gasteiger partial charge in [-0.25, -0.2) is 0 Å². The second-order valence-corrected chi connectivity index (χ2v) is 4.84. The number of nitrogens with two attached hydrogens (primary N) is 1. The molecule has 13 heavy (non-hydrogen) atoms. The zero-order valence-corrected chi connectivity index (χ0v) is 9.21. The zero-order chi connectivity index (χ0) is 9.90. The number of likely N-dealkylation sites (tertiary alicyclic amines) is 1. The van der Waals surface area contributed by atoms with Crippen LogP contribution in [0.15, 0.2) is 0 Å². The molecule has 0 spiro atoms. The highest BCUT2D eigenvalue weighted by atomic mass is 15.2. The van der Waals surface area contributed by atoms with E-state index in [2.05, 4.69) is 30.8 Å². The van der Waals surface area contributed by atoms with Crippen LogP contribution in [0.3, 0.4) is 0 Å². The van der Waals surface area contributed by atoms with Crippen molar-refractivity contribution in [3.05, 3.63) is 0 Å². The monoisotopic (exact) mass is 185 g/mol. The Hall–Kier alpha value is -0.120. The van der Waals surface area contributed by atoms with Crippen molar-refractivity contribution in [2.75, 3.05) is 46.8 Å². The van der Waals surface area contributed by atoms with Crippen molar-refractivity contribution in [1.29, 1.82) is 0 Å². The summed E-state index contributed by atoms with van der Waals surface area (Å²) in [5.41, 5.74) is 6.13. The van der Waals surface area contributed by atoms with Gasteiger partial charge in [0, 0.05) is 19.6 Å². The highest BCUT2D eigenvalue weighted by Crippen LogP contribution is 2.27. The smallest absolute Gasteiger partial charge is 0.0109 e. The fourth-order valence-electron chi connectivity index (χ4n) is 1.82. The molecule has 0 saturated carbocycles. The number of hydrogen-bond donors (Lipinski definition) is 1. The van der Waals surface area contributed by atoms with E-state index in [9.17, 15) is 0 Å². The van der Waals surface area contributed by atoms with E-state index in [-0.39, 0.29) is 0 Å². The maximum Gasteiger partial charge on any atom is 0.0109 e. The molecule has 1 atom stereocenters. The summed E-state index contributed by atoms with van der Waals surface area (Å²) in [4.78, 5) is 4.75. The number of rotatable bonds is 4. The molecule has 2 N–H and O–H groups in total. The normalized spacial score (nSPS) is 30.2. The lowest BCUT2D eigenvalue weighted by Crippen LogP contribution is -2.34. The molecule has 0 amide bonds. The minimum atomic E-state index is 0.381. The zero-order valence-electron chi connectivity index (χ0n) is 9.21. The summed E-state index contributed by atoms with van der Waals surface area (Å²) >= 11 is 0. The largest absolute Gasteiger partial charge is 0.330 e. The van der Waals surface area contributed by atoms with Crippen LogP contribution in [0.1, 0.15) is 13.3 Å². The Labute approximate surface area is 81.9 Å². The summed E-state index contributed by atoms with van der Waals surface area (Å²) in [5.74, 6) is 0. The lowest BCUT2D eigenvalue weighted by atomic mass is 9.90. The Morgan fingerprint density at radius 2 is 2.15 bits per heavy atom. The van der Waals surface area contributed by atoms with Gasteiger partial charge >= 0.3 is 0 Å². The molecule has 0 aromatic carbocycles. The predicted octanol–water partition coefficient (Wildman–Crippen LogP) is 0.219. The van der Waals surface area contributed by atoms with E-state index < -0.39 is 0 Å². The van der Waals surface area contributed by atoms with Crippen LogP contribution in [-0.2, 0) is 0 Å². The van der Waals surface area contributed by atoms with Crippen molar-refractivity contribution in [3.63, 3.8) is 0 Å². The highest BCUT2D eigenvalue weighted by Gasteiger charge is 2.31. The average molecular weight is 185 g/mol. The van der Waals surface area contributed by atoms with Gasteiger partial charge in [-0.1, -0.05) is 6.92 Å². The van der Waals surface area contributed by atoms with E-state index in [4.69, 9.17) is 5.73 Å². The molecule has 0 aromatic rings. The lowest BCUT2D eigenvalue weighted by molar-refractivity contribution is 0.252. The van der Waals surface area contributed by atoms with Gasteiger partial charge in [-0.15, -0.1) is 0 Å². The first kappa shape index (κ1) is 11.0. The average Bonchev–Trinajstić information content (AvgIpc) is 2.45. The lowest BCUT2D eigenvalue weighted by Gasteiger charge is -2.23. The Balaban J connectivity index is 2.25. The summed E-state index contributed by atoms with van der Waals surface area (Å²) in [6.07, 6.45) is 1.26. The molecule has 78 valence electrons. The van der Waals surface area contributed by atoms with Gasteiger partial charge < -0.3 is 15.5 Å². The van der Waals surface area contributed by atoms with Crippen LogP contribution in [-0.4, -0.2) is 56.6 Å². The molecule has 1 rings (SSSR count). The summed E-state index contributed by atoms with van der Waals surface area (Å²) in [5, 5.41) is 0. The van der Waals surface area contributed by atoms with E-state index >= 15 is 0 Å². The van der Waals surface area contributed by atoms with Crippen LogP contribution < -0.4 is 5.73 Å². The molecule has 0 radical (unpaired) electrons. The molecule has 1 saturated heterocycles. The topological polar surface area (TPSA) is 32.5 Å². The molecule has 0 bridgehead atoms. The minimum absolute atomic E-state index is 0.381. The Morgan fingerprint density at radius 3 is 2.62 bits per heavy atom. The molecule has 3 nitrogen and oxygen atoms in total. The Morgan fingerprint density at radius 1 is 1.46 bits per heavy atom. The Bertz CT molecular complexity index is 158. The van der Waals surface area contributed by atoms with Crippen LogP contribution >= 0.6 is 0 Å². The molecule has 1 unspecified atom stereocenters. The third-order valence-corrected chi connectivity index (χ3v) is 2.99. The van der Waals surface area contributed by atoms with E-state index in [0.29, 0.717) is 5.41 Å². The first-order valence-electron chi connectivity index (χ1n) is 5.13. The molecule has 0 aromatic heterocycles. The van der Waals surface area contributed by atoms with Crippen LogP contribution in [0, 0.1) is 5.41 Å². The maximum absolute atomic E-state index is 5.75. The fourth-order valence-corrected chi connectivity index (χ4v) is 1.82. The van der Waals surface area contributed by atoms with Gasteiger partial charge in [0.25, 0.3) is 0 Å². The molecule has 1 heterocycles. The molecule has 3 heteroatoms. The van der Waals surface area contributed by atoms with Crippen molar-refractivity contribution in [3.8, 4) is 0 Å². The van der Waals surface area contributed by atoms with Gasteiger partial charge in [0.15, 0.2) is 0 Å². The van der Waals surface area contributed by atoms with Gasteiger partial charge in [-0.3, -0.25) is 0 Å². The molecule has 1 fully saturated rings. The number of nitrogens with zero attached hydrogens (tertiary/aromatic N) is 2. The van der Waals surface area contributed by atoms with Crippen LogP contribution in [0.25, 0.3) is 0 Å². The summed E-state index contributed by atoms with van der Waals surface area (Å²) in [6.45, 7) is 7.86. The summed E-state index contributed by atoms with van der Waals surface area (Å²) < 4.78 is 0. The maximum atomic E-state index is 5.75. The van der Waals surface area contributed by atoms with Crippen LogP contribution in [0.4, 0.5) is 0 Å². The van der Waals surface area contributed by atoms with Gasteiger partial charge in [-0.05, 0) is 39.0 Å². The number of likely N-dealkylation sites (N-methyl/N-ethyl adjacent to an activating group) is 1. The van der Waals surface area contributed by atoms with E-state index in [1.807, 2.05) is 0 Å². The van der Waals surface area contributed by atoms with E-state index in [0.717, 1.165) is 13.1 Å². The van der Waals surface area contributed by atoms with Gasteiger partial charge in [0.1, 0.15) is 0 Å². The molecular weight excluding hydrogens is 162 g/mol. The van der Waals surface area contributed by atoms with Crippen molar-refractivity contribution < 1.29 is 0 Å². The predicted molar refractivity (Wildman–Crippen MR) is 56.8 cm³/mol. The van der Waals surface area contributed by atoms with Gasteiger partial charge in [-0.2, -0.15) is 0 Å². The molecule has 1 aliphatic heterocycles. The van der Waals surface area contributed by atoms with E-state index in [1.54, 1.807) is 0 Å². The fraction of sp³-hybridized carbons (Fsp3) is 1.00. The third-order valence-electron chi connectivity index (χ3n) is 2.99. The van der Waals surface area contributed by atoms with Crippen molar-refractivity contribution >= 4 is 0 Å².